The molecule has 2 amide bonds. The topological polar surface area (TPSA) is 61.9 Å². The van der Waals surface area contributed by atoms with Gasteiger partial charge in [0, 0.05) is 50.4 Å². The first-order valence-electron chi connectivity index (χ1n) is 10.7. The Labute approximate surface area is 177 Å². The second-order valence-corrected chi connectivity index (χ2v) is 8.01. The van der Waals surface area contributed by atoms with Crippen molar-refractivity contribution in [3.05, 3.63) is 54.1 Å². The minimum atomic E-state index is 0.0577. The summed E-state index contributed by atoms with van der Waals surface area (Å²) in [4.78, 5) is 28.4. The summed E-state index contributed by atoms with van der Waals surface area (Å²) in [7, 11) is 0. The van der Waals surface area contributed by atoms with Crippen LogP contribution in [0.15, 0.2) is 48.5 Å². The lowest BCUT2D eigenvalue weighted by molar-refractivity contribution is -0.117. The molecule has 4 rings (SSSR count). The zero-order valence-corrected chi connectivity index (χ0v) is 17.5. The van der Waals surface area contributed by atoms with Gasteiger partial charge in [-0.25, -0.2) is 0 Å². The van der Waals surface area contributed by atoms with E-state index in [1.807, 2.05) is 47.4 Å². The van der Waals surface area contributed by atoms with Crippen LogP contribution in [0.3, 0.4) is 0 Å². The van der Waals surface area contributed by atoms with Crippen LogP contribution in [-0.4, -0.2) is 49.0 Å². The first-order valence-corrected chi connectivity index (χ1v) is 10.7. The molecule has 2 aliphatic rings. The summed E-state index contributed by atoms with van der Waals surface area (Å²) in [5.41, 5.74) is 2.91. The standard InChI is InChI=1S/C24H29N3O3/c1-18(28)27(21-8-9-23-19(17-21)7-10-24(29)25-23)20-11-13-26(14-12-20)15-16-30-22-5-3-2-4-6-22/h2-6,8-9,17,20H,7,10-16H2,1H3,(H,25,29). The Morgan fingerprint density at radius 2 is 1.90 bits per heavy atom. The fourth-order valence-corrected chi connectivity index (χ4v) is 4.38. The van der Waals surface area contributed by atoms with Gasteiger partial charge in [-0.05, 0) is 55.2 Å². The van der Waals surface area contributed by atoms with Gasteiger partial charge in [0.2, 0.25) is 11.8 Å². The van der Waals surface area contributed by atoms with Crippen LogP contribution in [0.2, 0.25) is 0 Å². The number of anilines is 2. The van der Waals surface area contributed by atoms with Crippen molar-refractivity contribution in [3.8, 4) is 5.75 Å². The number of hydrogen-bond acceptors (Lipinski definition) is 4. The van der Waals surface area contributed by atoms with E-state index in [2.05, 4.69) is 16.3 Å². The first kappa shape index (κ1) is 20.4. The smallest absolute Gasteiger partial charge is 0.224 e. The number of amides is 2. The molecule has 0 atom stereocenters. The lowest BCUT2D eigenvalue weighted by Crippen LogP contribution is -2.47. The van der Waals surface area contributed by atoms with Crippen LogP contribution < -0.4 is 15.0 Å². The number of piperidine rings is 1. The normalized spacial score (nSPS) is 17.2. The van der Waals surface area contributed by atoms with Gasteiger partial charge in [-0.2, -0.15) is 0 Å². The van der Waals surface area contributed by atoms with E-state index in [9.17, 15) is 9.59 Å². The molecule has 0 aromatic heterocycles. The van der Waals surface area contributed by atoms with Crippen LogP contribution in [0, 0.1) is 0 Å². The highest BCUT2D eigenvalue weighted by atomic mass is 16.5. The second kappa shape index (κ2) is 9.30. The van der Waals surface area contributed by atoms with Gasteiger partial charge in [-0.3, -0.25) is 14.5 Å². The summed E-state index contributed by atoms with van der Waals surface area (Å²) >= 11 is 0. The molecule has 2 aromatic carbocycles. The molecule has 0 radical (unpaired) electrons. The quantitative estimate of drug-likeness (QED) is 0.797. The average Bonchev–Trinajstić information content (AvgIpc) is 2.75. The molecule has 30 heavy (non-hydrogen) atoms. The fourth-order valence-electron chi connectivity index (χ4n) is 4.38. The van der Waals surface area contributed by atoms with Crippen LogP contribution >= 0.6 is 0 Å². The average molecular weight is 408 g/mol. The third-order valence-corrected chi connectivity index (χ3v) is 5.94. The maximum atomic E-state index is 12.5. The largest absolute Gasteiger partial charge is 0.492 e. The highest BCUT2D eigenvalue weighted by molar-refractivity contribution is 5.96. The first-order chi connectivity index (χ1) is 14.6. The monoisotopic (exact) mass is 407 g/mol. The number of likely N-dealkylation sites (tertiary alicyclic amines) is 1. The van der Waals surface area contributed by atoms with Gasteiger partial charge in [0.25, 0.3) is 0 Å². The van der Waals surface area contributed by atoms with E-state index < -0.39 is 0 Å². The number of benzene rings is 2. The minimum Gasteiger partial charge on any atom is -0.492 e. The van der Waals surface area contributed by atoms with Crippen LogP contribution in [0.4, 0.5) is 11.4 Å². The molecule has 2 heterocycles. The predicted molar refractivity (Wildman–Crippen MR) is 118 cm³/mol. The van der Waals surface area contributed by atoms with Crippen molar-refractivity contribution in [2.24, 2.45) is 0 Å². The van der Waals surface area contributed by atoms with E-state index in [0.29, 0.717) is 13.0 Å². The third kappa shape index (κ3) is 4.82. The van der Waals surface area contributed by atoms with Crippen molar-refractivity contribution in [2.75, 3.05) is 36.5 Å². The van der Waals surface area contributed by atoms with Gasteiger partial charge < -0.3 is 15.0 Å². The Hall–Kier alpha value is -2.86. The highest BCUT2D eigenvalue weighted by Crippen LogP contribution is 2.30. The molecular formula is C24H29N3O3. The van der Waals surface area contributed by atoms with E-state index in [0.717, 1.165) is 61.6 Å². The number of hydrogen-bond donors (Lipinski definition) is 1. The molecule has 0 saturated carbocycles. The number of carbonyl (C=O) groups is 2. The fraction of sp³-hybridized carbons (Fsp3) is 0.417. The number of fused-ring (bicyclic) bond motifs is 1. The van der Waals surface area contributed by atoms with Crippen molar-refractivity contribution in [3.63, 3.8) is 0 Å². The lowest BCUT2D eigenvalue weighted by Gasteiger charge is -2.38. The van der Waals surface area contributed by atoms with Crippen molar-refractivity contribution in [1.29, 1.82) is 0 Å². The van der Waals surface area contributed by atoms with Crippen LogP contribution in [0.25, 0.3) is 0 Å². The van der Waals surface area contributed by atoms with Crippen molar-refractivity contribution in [1.82, 2.24) is 4.90 Å². The Morgan fingerprint density at radius 3 is 2.63 bits per heavy atom. The van der Waals surface area contributed by atoms with Gasteiger partial charge in [-0.15, -0.1) is 0 Å². The van der Waals surface area contributed by atoms with Crippen molar-refractivity contribution in [2.45, 2.75) is 38.6 Å². The Bertz CT molecular complexity index is 892. The summed E-state index contributed by atoms with van der Waals surface area (Å²) in [5.74, 6) is 1.03. The number of rotatable bonds is 6. The van der Waals surface area contributed by atoms with Crippen molar-refractivity contribution < 1.29 is 14.3 Å². The Morgan fingerprint density at radius 1 is 1.13 bits per heavy atom. The predicted octanol–water partition coefficient (Wildman–Crippen LogP) is 3.47. The molecule has 1 fully saturated rings. The molecule has 6 nitrogen and oxygen atoms in total. The van der Waals surface area contributed by atoms with Gasteiger partial charge in [-0.1, -0.05) is 18.2 Å². The number of aryl methyl sites for hydroxylation is 1. The van der Waals surface area contributed by atoms with Crippen LogP contribution in [0.5, 0.6) is 5.75 Å². The summed E-state index contributed by atoms with van der Waals surface area (Å²) in [5, 5.41) is 2.91. The van der Waals surface area contributed by atoms with E-state index in [1.54, 1.807) is 6.92 Å². The second-order valence-electron chi connectivity index (χ2n) is 8.01. The Balaban J connectivity index is 1.34. The molecule has 2 aliphatic heterocycles. The molecule has 0 aliphatic carbocycles. The maximum absolute atomic E-state index is 12.5. The zero-order chi connectivity index (χ0) is 20.9. The van der Waals surface area contributed by atoms with Gasteiger partial charge in [0.15, 0.2) is 0 Å². The molecule has 0 unspecified atom stereocenters. The molecule has 6 heteroatoms. The SMILES string of the molecule is CC(=O)N(c1ccc2c(c1)CCC(=O)N2)C1CCN(CCOc2ccccc2)CC1. The number of nitrogens with zero attached hydrogens (tertiary/aromatic N) is 2. The van der Waals surface area contributed by atoms with Gasteiger partial charge in [0.1, 0.15) is 12.4 Å². The summed E-state index contributed by atoms with van der Waals surface area (Å²) in [6, 6.07) is 16.0. The summed E-state index contributed by atoms with van der Waals surface area (Å²) in [6.07, 6.45) is 3.11. The van der Waals surface area contributed by atoms with Gasteiger partial charge in [0.05, 0.1) is 0 Å². The summed E-state index contributed by atoms with van der Waals surface area (Å²) in [6.45, 7) is 5.10. The van der Waals surface area contributed by atoms with E-state index in [1.165, 1.54) is 0 Å². The maximum Gasteiger partial charge on any atom is 0.224 e. The zero-order valence-electron chi connectivity index (χ0n) is 17.5. The molecular weight excluding hydrogens is 378 g/mol. The number of para-hydroxylation sites is 1. The van der Waals surface area contributed by atoms with E-state index >= 15 is 0 Å². The Kier molecular flexibility index (Phi) is 6.33. The van der Waals surface area contributed by atoms with E-state index in [-0.39, 0.29) is 17.9 Å². The van der Waals surface area contributed by atoms with E-state index in [4.69, 9.17) is 4.74 Å². The molecule has 0 bridgehead atoms. The molecule has 1 N–H and O–H groups in total. The van der Waals surface area contributed by atoms with Crippen LogP contribution in [0.1, 0.15) is 31.7 Å². The van der Waals surface area contributed by atoms with Gasteiger partial charge >= 0.3 is 0 Å². The number of nitrogens with one attached hydrogen (secondary N) is 1. The molecule has 158 valence electrons. The molecule has 1 saturated heterocycles. The minimum absolute atomic E-state index is 0.0577. The molecule has 0 spiro atoms. The summed E-state index contributed by atoms with van der Waals surface area (Å²) < 4.78 is 5.81. The third-order valence-electron chi connectivity index (χ3n) is 5.94. The molecule has 2 aromatic rings. The number of ether oxygens (including phenoxy) is 1. The lowest BCUT2D eigenvalue weighted by atomic mass is 9.99. The van der Waals surface area contributed by atoms with Crippen molar-refractivity contribution >= 4 is 23.2 Å². The highest BCUT2D eigenvalue weighted by Gasteiger charge is 2.28. The van der Waals surface area contributed by atoms with Crippen LogP contribution in [-0.2, 0) is 16.0 Å². The number of carbonyl (C=O) groups excluding carboxylic acids is 2.